The fourth-order valence-electron chi connectivity index (χ4n) is 5.88. The number of nitrogens with zero attached hydrogens (tertiary/aromatic N) is 2. The van der Waals surface area contributed by atoms with Crippen molar-refractivity contribution < 1.29 is 29.0 Å². The highest BCUT2D eigenvalue weighted by molar-refractivity contribution is 6.30. The molecule has 2 saturated heterocycles. The summed E-state index contributed by atoms with van der Waals surface area (Å²) < 4.78 is 12.0. The molecule has 2 amide bonds. The molecule has 5 rings (SSSR count). The Bertz CT molecular complexity index is 1090. The maximum Gasteiger partial charge on any atom is 0.312 e. The minimum Gasteiger partial charge on any atom is -0.465 e. The van der Waals surface area contributed by atoms with Gasteiger partial charge < -0.3 is 24.4 Å². The number of aliphatic hydroxyl groups excluding tert-OH is 1. The lowest BCUT2D eigenvalue weighted by Gasteiger charge is -2.39. The Balaban J connectivity index is 1.66. The average Bonchev–Trinajstić information content (AvgIpc) is 3.19. The van der Waals surface area contributed by atoms with Crippen LogP contribution in [0.5, 0.6) is 0 Å². The van der Waals surface area contributed by atoms with Crippen LogP contribution in [0.15, 0.2) is 48.6 Å². The highest BCUT2D eigenvalue weighted by atomic mass is 35.5. The molecule has 6 atom stereocenters. The Hall–Kier alpha value is -2.68. The summed E-state index contributed by atoms with van der Waals surface area (Å²) in [5.41, 5.74) is -0.730. The topological polar surface area (TPSA) is 96.4 Å². The summed E-state index contributed by atoms with van der Waals surface area (Å²) in [5, 5.41) is 10.8. The summed E-state index contributed by atoms with van der Waals surface area (Å²) >= 11 is 6.06. The Morgan fingerprint density at radius 3 is 2.57 bits per heavy atom. The number of esters is 1. The van der Waals surface area contributed by atoms with Crippen molar-refractivity contribution >= 4 is 35.1 Å². The summed E-state index contributed by atoms with van der Waals surface area (Å²) in [4.78, 5) is 44.4. The van der Waals surface area contributed by atoms with Crippen LogP contribution in [0.2, 0.25) is 5.02 Å². The molecule has 9 heteroatoms. The van der Waals surface area contributed by atoms with Gasteiger partial charge in [-0.25, -0.2) is 0 Å². The molecule has 8 nitrogen and oxygen atoms in total. The quantitative estimate of drug-likeness (QED) is 0.503. The number of cyclic esters (lactones) is 1. The first-order chi connectivity index (χ1) is 16.8. The van der Waals surface area contributed by atoms with Crippen LogP contribution in [0.25, 0.3) is 0 Å². The zero-order valence-corrected chi connectivity index (χ0v) is 20.4. The Morgan fingerprint density at radius 2 is 1.89 bits per heavy atom. The van der Waals surface area contributed by atoms with E-state index in [-0.39, 0.29) is 37.5 Å². The van der Waals surface area contributed by atoms with E-state index < -0.39 is 41.6 Å². The van der Waals surface area contributed by atoms with Crippen molar-refractivity contribution in [2.75, 3.05) is 24.7 Å². The summed E-state index contributed by atoms with van der Waals surface area (Å²) in [7, 11) is 0. The first-order valence-electron chi connectivity index (χ1n) is 12.0. The van der Waals surface area contributed by atoms with Gasteiger partial charge in [0.2, 0.25) is 5.91 Å². The molecule has 1 unspecified atom stereocenters. The van der Waals surface area contributed by atoms with Crippen molar-refractivity contribution in [1.82, 2.24) is 4.90 Å². The van der Waals surface area contributed by atoms with Crippen LogP contribution in [-0.2, 0) is 23.9 Å². The summed E-state index contributed by atoms with van der Waals surface area (Å²) in [5.74, 6) is -3.16. The Kier molecular flexibility index (Phi) is 6.23. The maximum atomic E-state index is 14.2. The monoisotopic (exact) mass is 500 g/mol. The predicted molar refractivity (Wildman–Crippen MR) is 129 cm³/mol. The summed E-state index contributed by atoms with van der Waals surface area (Å²) in [6.45, 7) is 3.94. The third kappa shape index (κ3) is 3.70. The van der Waals surface area contributed by atoms with Gasteiger partial charge in [0.25, 0.3) is 5.91 Å². The van der Waals surface area contributed by atoms with Crippen molar-refractivity contribution in [3.05, 3.63) is 53.6 Å². The Morgan fingerprint density at radius 1 is 1.14 bits per heavy atom. The molecule has 1 N–H and O–H groups in total. The maximum absolute atomic E-state index is 14.2. The molecular formula is C26H29ClN2O6. The standard InChI is InChI=1S/C26H29ClN2O6/c1-15(2)18(14-30)29-22-24(32)28(17-9-7-16(27)8-10-17)12-5-11-26(22)21(23(29)31)20-19(35-26)6-3-4-13-34-25(20)33/h3,5-11,15,18-22,30H,4,12-14H2,1-2H3/t18-,19+,20-,21-,22?,26-/m0/s1. The van der Waals surface area contributed by atoms with E-state index in [1.807, 2.05) is 26.0 Å². The zero-order valence-electron chi connectivity index (χ0n) is 19.7. The number of hydrogen-bond acceptors (Lipinski definition) is 6. The first kappa shape index (κ1) is 24.0. The molecule has 4 aliphatic heterocycles. The fourth-order valence-corrected chi connectivity index (χ4v) is 6.00. The molecule has 0 saturated carbocycles. The number of aliphatic hydroxyl groups is 1. The van der Waals surface area contributed by atoms with E-state index in [9.17, 15) is 19.5 Å². The molecule has 4 heterocycles. The predicted octanol–water partition coefficient (Wildman–Crippen LogP) is 2.34. The SMILES string of the molecule is CC(C)[C@H](CO)N1C(=O)[C@@H]2[C@H]3C(=O)OCCC=C[C@H]3O[C@@]23C=CCN(c2ccc(Cl)cc2)C(=O)C13. The molecule has 35 heavy (non-hydrogen) atoms. The zero-order chi connectivity index (χ0) is 24.9. The van der Waals surface area contributed by atoms with E-state index in [2.05, 4.69) is 0 Å². The van der Waals surface area contributed by atoms with Crippen LogP contribution in [0.4, 0.5) is 5.69 Å². The number of rotatable bonds is 4. The van der Waals surface area contributed by atoms with Crippen LogP contribution in [0.1, 0.15) is 20.3 Å². The van der Waals surface area contributed by atoms with E-state index in [4.69, 9.17) is 21.1 Å². The third-order valence-corrected chi connectivity index (χ3v) is 7.76. The number of carbonyl (C=O) groups excluding carboxylic acids is 3. The second-order valence-corrected chi connectivity index (χ2v) is 10.2. The lowest BCUT2D eigenvalue weighted by molar-refractivity contribution is -0.155. The molecule has 2 fully saturated rings. The minimum absolute atomic E-state index is 0.135. The van der Waals surface area contributed by atoms with E-state index in [0.29, 0.717) is 17.1 Å². The Labute approximate surface area is 209 Å². The van der Waals surface area contributed by atoms with Gasteiger partial charge in [-0.2, -0.15) is 0 Å². The summed E-state index contributed by atoms with van der Waals surface area (Å²) in [6.07, 6.45) is 7.14. The molecule has 4 aliphatic rings. The van der Waals surface area contributed by atoms with Gasteiger partial charge >= 0.3 is 5.97 Å². The van der Waals surface area contributed by atoms with Gasteiger partial charge in [0, 0.05) is 17.3 Å². The van der Waals surface area contributed by atoms with Crippen LogP contribution in [-0.4, -0.2) is 71.3 Å². The number of likely N-dealkylation sites (tertiary alicyclic amines) is 1. The van der Waals surface area contributed by atoms with Crippen molar-refractivity contribution in [1.29, 1.82) is 0 Å². The number of benzene rings is 1. The molecule has 1 aromatic carbocycles. The first-order valence-corrected chi connectivity index (χ1v) is 12.4. The second-order valence-electron chi connectivity index (χ2n) is 9.79. The smallest absolute Gasteiger partial charge is 0.312 e. The molecule has 0 radical (unpaired) electrons. The van der Waals surface area contributed by atoms with Crippen molar-refractivity contribution in [2.45, 2.75) is 44.1 Å². The molecule has 1 spiro atoms. The van der Waals surface area contributed by atoms with Gasteiger partial charge in [0.05, 0.1) is 31.3 Å². The largest absolute Gasteiger partial charge is 0.465 e. The summed E-state index contributed by atoms with van der Waals surface area (Å²) in [6, 6.07) is 5.23. The number of fused-ring (bicyclic) bond motifs is 2. The normalized spacial score (nSPS) is 33.1. The van der Waals surface area contributed by atoms with Crippen LogP contribution >= 0.6 is 11.6 Å². The van der Waals surface area contributed by atoms with Gasteiger partial charge in [-0.15, -0.1) is 0 Å². The molecular weight excluding hydrogens is 472 g/mol. The molecule has 0 bridgehead atoms. The van der Waals surface area contributed by atoms with Gasteiger partial charge in [-0.1, -0.05) is 49.8 Å². The average molecular weight is 501 g/mol. The van der Waals surface area contributed by atoms with Crippen molar-refractivity contribution in [3.63, 3.8) is 0 Å². The fraction of sp³-hybridized carbons (Fsp3) is 0.500. The number of ether oxygens (including phenoxy) is 2. The van der Waals surface area contributed by atoms with Gasteiger partial charge in [-0.05, 0) is 36.6 Å². The number of anilines is 1. The lowest BCUT2D eigenvalue weighted by Crippen LogP contribution is -2.59. The van der Waals surface area contributed by atoms with Gasteiger partial charge in [0.15, 0.2) is 0 Å². The van der Waals surface area contributed by atoms with Crippen LogP contribution in [0.3, 0.4) is 0 Å². The molecule has 0 aromatic heterocycles. The third-order valence-electron chi connectivity index (χ3n) is 7.51. The number of halogens is 1. The number of carbonyl (C=O) groups is 3. The van der Waals surface area contributed by atoms with Crippen molar-refractivity contribution in [2.24, 2.45) is 17.8 Å². The number of hydrogen-bond donors (Lipinski definition) is 1. The highest BCUT2D eigenvalue weighted by Crippen LogP contribution is 2.54. The van der Waals surface area contributed by atoms with Crippen molar-refractivity contribution in [3.8, 4) is 0 Å². The lowest BCUT2D eigenvalue weighted by atomic mass is 9.77. The molecule has 186 valence electrons. The minimum atomic E-state index is -1.36. The second kappa shape index (κ2) is 9.08. The van der Waals surface area contributed by atoms with E-state index in [1.165, 1.54) is 4.90 Å². The van der Waals surface area contributed by atoms with Crippen LogP contribution in [0, 0.1) is 17.8 Å². The van der Waals surface area contributed by atoms with E-state index in [1.54, 1.807) is 41.3 Å². The van der Waals surface area contributed by atoms with Crippen LogP contribution < -0.4 is 4.90 Å². The number of amides is 2. The molecule has 1 aromatic rings. The van der Waals surface area contributed by atoms with E-state index >= 15 is 0 Å². The van der Waals surface area contributed by atoms with Gasteiger partial charge in [-0.3, -0.25) is 14.4 Å². The highest BCUT2D eigenvalue weighted by Gasteiger charge is 2.72. The van der Waals surface area contributed by atoms with Gasteiger partial charge in [0.1, 0.15) is 17.6 Å². The molecule has 0 aliphatic carbocycles. The van der Waals surface area contributed by atoms with E-state index in [0.717, 1.165) is 0 Å².